The largest absolute Gasteiger partial charge is 0.573 e. The lowest BCUT2D eigenvalue weighted by atomic mass is 10.2. The van der Waals surface area contributed by atoms with Crippen LogP contribution in [0.25, 0.3) is 0 Å². The van der Waals surface area contributed by atoms with E-state index < -0.39 is 22.1 Å². The van der Waals surface area contributed by atoms with Crippen LogP contribution in [0.2, 0.25) is 0 Å². The molecule has 2 rings (SSSR count). The van der Waals surface area contributed by atoms with E-state index in [4.69, 9.17) is 0 Å². The lowest BCUT2D eigenvalue weighted by Crippen LogP contribution is -2.32. The third-order valence-electron chi connectivity index (χ3n) is 3.41. The molecule has 3 N–H and O–H groups in total. The second-order valence-corrected chi connectivity index (χ2v) is 7.25. The zero-order valence-electron chi connectivity index (χ0n) is 14.1. The average molecular weight is 406 g/mol. The molecule has 0 fully saturated rings. The monoisotopic (exact) mass is 406 g/mol. The van der Waals surface area contributed by atoms with Crippen molar-refractivity contribution in [2.75, 3.05) is 6.54 Å². The van der Waals surface area contributed by atoms with Crippen molar-refractivity contribution in [1.29, 1.82) is 0 Å². The Balaban J connectivity index is 1.84. The van der Waals surface area contributed by atoms with Crippen molar-refractivity contribution in [3.05, 3.63) is 42.2 Å². The van der Waals surface area contributed by atoms with Crippen molar-refractivity contribution in [3.8, 4) is 5.75 Å². The molecule has 0 saturated heterocycles. The van der Waals surface area contributed by atoms with Crippen molar-refractivity contribution in [2.24, 2.45) is 0 Å². The first-order chi connectivity index (χ1) is 12.6. The molecule has 0 saturated carbocycles. The molecule has 0 aliphatic rings. The Morgan fingerprint density at radius 1 is 1.30 bits per heavy atom. The van der Waals surface area contributed by atoms with Gasteiger partial charge in [0.05, 0.1) is 17.1 Å². The Bertz CT molecular complexity index is 852. The SMILES string of the molecule is CC(NC(=O)CCNS(=O)(=O)c1ccc(OC(F)(F)F)cc1)c1cn[nH]c1. The Hall–Kier alpha value is -2.60. The van der Waals surface area contributed by atoms with E-state index in [-0.39, 0.29) is 29.8 Å². The van der Waals surface area contributed by atoms with Gasteiger partial charge in [0.1, 0.15) is 5.75 Å². The first kappa shape index (κ1) is 20.7. The number of hydrogen-bond acceptors (Lipinski definition) is 5. The smallest absolute Gasteiger partial charge is 0.406 e. The van der Waals surface area contributed by atoms with Gasteiger partial charge in [-0.25, -0.2) is 13.1 Å². The third kappa shape index (κ3) is 6.57. The molecule has 1 heterocycles. The highest BCUT2D eigenvalue weighted by Gasteiger charge is 2.31. The summed E-state index contributed by atoms with van der Waals surface area (Å²) in [7, 11) is -3.97. The summed E-state index contributed by atoms with van der Waals surface area (Å²) in [6.07, 6.45) is -1.80. The fourth-order valence-electron chi connectivity index (χ4n) is 2.10. The lowest BCUT2D eigenvalue weighted by molar-refractivity contribution is -0.274. The van der Waals surface area contributed by atoms with E-state index in [2.05, 4.69) is 25.0 Å². The minimum atomic E-state index is -4.86. The number of hydrogen-bond donors (Lipinski definition) is 3. The third-order valence-corrected chi connectivity index (χ3v) is 4.89. The van der Waals surface area contributed by atoms with Gasteiger partial charge in [-0.3, -0.25) is 9.89 Å². The summed E-state index contributed by atoms with van der Waals surface area (Å²) >= 11 is 0. The van der Waals surface area contributed by atoms with Crippen LogP contribution in [0.3, 0.4) is 0 Å². The topological polar surface area (TPSA) is 113 Å². The zero-order valence-corrected chi connectivity index (χ0v) is 14.9. The van der Waals surface area contributed by atoms with Gasteiger partial charge < -0.3 is 10.1 Å². The fourth-order valence-corrected chi connectivity index (χ4v) is 3.13. The number of carbonyl (C=O) groups is 1. The van der Waals surface area contributed by atoms with Gasteiger partial charge in [-0.15, -0.1) is 13.2 Å². The summed E-state index contributed by atoms with van der Waals surface area (Å²) in [6.45, 7) is 1.57. The van der Waals surface area contributed by atoms with E-state index in [1.165, 1.54) is 0 Å². The molecule has 0 bridgehead atoms. The number of rotatable bonds is 8. The lowest BCUT2D eigenvalue weighted by Gasteiger charge is -2.12. The van der Waals surface area contributed by atoms with E-state index >= 15 is 0 Å². The molecule has 27 heavy (non-hydrogen) atoms. The first-order valence-electron chi connectivity index (χ1n) is 7.70. The number of H-pyrrole nitrogens is 1. The Morgan fingerprint density at radius 2 is 1.96 bits per heavy atom. The molecule has 0 aliphatic heterocycles. The normalized spacial score (nSPS) is 13.2. The van der Waals surface area contributed by atoms with Crippen molar-refractivity contribution in [1.82, 2.24) is 20.2 Å². The van der Waals surface area contributed by atoms with Crippen molar-refractivity contribution in [2.45, 2.75) is 30.6 Å². The molecule has 1 atom stereocenters. The summed E-state index contributed by atoms with van der Waals surface area (Å²) in [5.74, 6) is -0.908. The van der Waals surface area contributed by atoms with E-state index in [9.17, 15) is 26.4 Å². The van der Waals surface area contributed by atoms with Crippen LogP contribution in [0.4, 0.5) is 13.2 Å². The second-order valence-electron chi connectivity index (χ2n) is 5.49. The number of carbonyl (C=O) groups excluding carboxylic acids is 1. The molecular formula is C15H17F3N4O4S. The molecule has 0 spiro atoms. The van der Waals surface area contributed by atoms with Crippen LogP contribution >= 0.6 is 0 Å². The molecule has 1 aromatic carbocycles. The van der Waals surface area contributed by atoms with Gasteiger partial charge in [-0.05, 0) is 31.2 Å². The maximum absolute atomic E-state index is 12.1. The van der Waals surface area contributed by atoms with E-state index in [1.54, 1.807) is 19.3 Å². The molecule has 0 aliphatic carbocycles. The maximum atomic E-state index is 12.1. The number of benzene rings is 1. The van der Waals surface area contributed by atoms with E-state index in [1.807, 2.05) is 0 Å². The number of ether oxygens (including phenoxy) is 1. The van der Waals surface area contributed by atoms with Gasteiger partial charge >= 0.3 is 6.36 Å². The average Bonchev–Trinajstić information content (AvgIpc) is 3.08. The number of aromatic amines is 1. The molecule has 8 nitrogen and oxygen atoms in total. The molecule has 2 aromatic rings. The molecule has 1 aromatic heterocycles. The summed E-state index contributed by atoms with van der Waals surface area (Å²) < 4.78 is 66.4. The van der Waals surface area contributed by atoms with Gasteiger partial charge in [0.15, 0.2) is 0 Å². The summed E-state index contributed by atoms with van der Waals surface area (Å²) in [5.41, 5.74) is 0.769. The van der Waals surface area contributed by atoms with Gasteiger partial charge in [-0.2, -0.15) is 5.10 Å². The highest BCUT2D eigenvalue weighted by Crippen LogP contribution is 2.23. The summed E-state index contributed by atoms with van der Waals surface area (Å²) in [5, 5.41) is 9.06. The highest BCUT2D eigenvalue weighted by atomic mass is 32.2. The Labute approximate surface area is 153 Å². The van der Waals surface area contributed by atoms with Crippen molar-refractivity contribution in [3.63, 3.8) is 0 Å². The van der Waals surface area contributed by atoms with Crippen LogP contribution < -0.4 is 14.8 Å². The molecule has 0 radical (unpaired) electrons. The summed E-state index contributed by atoms with van der Waals surface area (Å²) in [4.78, 5) is 11.6. The van der Waals surface area contributed by atoms with Gasteiger partial charge in [0.2, 0.25) is 15.9 Å². The number of amides is 1. The van der Waals surface area contributed by atoms with Gasteiger partial charge in [0, 0.05) is 24.7 Å². The maximum Gasteiger partial charge on any atom is 0.573 e. The number of halogens is 3. The number of aromatic nitrogens is 2. The number of nitrogens with one attached hydrogen (secondary N) is 3. The predicted molar refractivity (Wildman–Crippen MR) is 88.1 cm³/mol. The van der Waals surface area contributed by atoms with E-state index in [0.29, 0.717) is 0 Å². The van der Waals surface area contributed by atoms with Gasteiger partial charge in [0.25, 0.3) is 0 Å². The molecule has 148 valence electrons. The number of sulfonamides is 1. The summed E-state index contributed by atoms with van der Waals surface area (Å²) in [6, 6.07) is 3.44. The van der Waals surface area contributed by atoms with Crippen LogP contribution in [0.1, 0.15) is 24.9 Å². The zero-order chi connectivity index (χ0) is 20.1. The molecule has 12 heteroatoms. The molecular weight excluding hydrogens is 389 g/mol. The standard InChI is InChI=1S/C15H17F3N4O4S/c1-10(11-8-19-20-9-11)22-14(23)6-7-21-27(24,25)13-4-2-12(3-5-13)26-15(16,17)18/h2-5,8-10,21H,6-7H2,1H3,(H,19,20)(H,22,23). The van der Waals surface area contributed by atoms with Crippen molar-refractivity contribution < 1.29 is 31.1 Å². The van der Waals surface area contributed by atoms with Crippen LogP contribution in [0.5, 0.6) is 5.75 Å². The quantitative estimate of drug-likeness (QED) is 0.619. The minimum Gasteiger partial charge on any atom is -0.406 e. The first-order valence-corrected chi connectivity index (χ1v) is 9.19. The van der Waals surface area contributed by atoms with Crippen LogP contribution in [0, 0.1) is 0 Å². The van der Waals surface area contributed by atoms with Gasteiger partial charge in [-0.1, -0.05) is 0 Å². The number of nitrogens with zero attached hydrogens (tertiary/aromatic N) is 1. The number of alkyl halides is 3. The Morgan fingerprint density at radius 3 is 2.52 bits per heavy atom. The van der Waals surface area contributed by atoms with Crippen molar-refractivity contribution >= 4 is 15.9 Å². The molecule has 1 unspecified atom stereocenters. The van der Waals surface area contributed by atoms with Crippen LogP contribution in [-0.2, 0) is 14.8 Å². The Kier molecular flexibility index (Phi) is 6.44. The van der Waals surface area contributed by atoms with Crippen LogP contribution in [0.15, 0.2) is 41.6 Å². The van der Waals surface area contributed by atoms with E-state index in [0.717, 1.165) is 29.8 Å². The minimum absolute atomic E-state index is 0.114. The van der Waals surface area contributed by atoms with Crippen LogP contribution in [-0.4, -0.2) is 37.4 Å². The second kappa shape index (κ2) is 8.39. The molecule has 1 amide bonds. The highest BCUT2D eigenvalue weighted by molar-refractivity contribution is 7.89. The predicted octanol–water partition coefficient (Wildman–Crippen LogP) is 1.85. The fraction of sp³-hybridized carbons (Fsp3) is 0.333.